The summed E-state index contributed by atoms with van der Waals surface area (Å²) in [6.45, 7) is 23.1. The molecule has 0 radical (unpaired) electrons. The van der Waals surface area contributed by atoms with Crippen molar-refractivity contribution in [2.45, 2.75) is 55.4 Å². The number of carboxylic acids is 1. The van der Waals surface area contributed by atoms with Crippen molar-refractivity contribution < 1.29 is 29.3 Å². The van der Waals surface area contributed by atoms with E-state index in [9.17, 15) is 14.4 Å². The average Bonchev–Trinajstić information content (AvgIpc) is 3.08. The molecule has 0 fully saturated rings. The first-order valence-corrected chi connectivity index (χ1v) is 16.1. The fourth-order valence-electron chi connectivity index (χ4n) is 4.13. The van der Waals surface area contributed by atoms with Crippen LogP contribution in [0.5, 0.6) is 0 Å². The number of ether oxygens (including phenoxy) is 1. The Bertz CT molecular complexity index is 1740. The summed E-state index contributed by atoms with van der Waals surface area (Å²) in [5, 5.41) is 24.7. The molecule has 0 unspecified atom stereocenters. The van der Waals surface area contributed by atoms with Gasteiger partial charge in [0.25, 0.3) is 0 Å². The lowest BCUT2D eigenvalue weighted by atomic mass is 10.1. The normalized spacial score (nSPS) is 15.3. The molecule has 0 amide bonds. The molecule has 0 aliphatic carbocycles. The molecular weight excluding hydrogens is 652 g/mol. The van der Waals surface area contributed by atoms with Crippen LogP contribution in [0.1, 0.15) is 63.0 Å². The van der Waals surface area contributed by atoms with E-state index < -0.39 is 11.9 Å². The monoisotopic (exact) mass is 700 g/mol. The van der Waals surface area contributed by atoms with Crippen LogP contribution in [0.25, 0.3) is 0 Å². The Morgan fingerprint density at radius 1 is 0.882 bits per heavy atom. The van der Waals surface area contributed by atoms with Gasteiger partial charge in [-0.15, -0.1) is 0 Å². The minimum Gasteiger partial charge on any atom is -0.478 e. The predicted octanol–water partition coefficient (Wildman–Crippen LogP) is 6.07. The van der Waals surface area contributed by atoms with Gasteiger partial charge in [0, 0.05) is 24.1 Å². The van der Waals surface area contributed by atoms with Gasteiger partial charge in [-0.1, -0.05) is 51.3 Å². The van der Waals surface area contributed by atoms with Crippen molar-refractivity contribution in [3.05, 3.63) is 107 Å². The molecule has 0 atom stereocenters. The summed E-state index contributed by atoms with van der Waals surface area (Å²) in [4.78, 5) is 45.9. The molecule has 272 valence electrons. The van der Waals surface area contributed by atoms with Crippen LogP contribution in [0.15, 0.2) is 111 Å². The zero-order valence-corrected chi connectivity index (χ0v) is 30.5. The van der Waals surface area contributed by atoms with E-state index in [1.807, 2.05) is 58.9 Å². The fourth-order valence-corrected chi connectivity index (χ4v) is 4.13. The van der Waals surface area contributed by atoms with Crippen LogP contribution in [-0.4, -0.2) is 75.8 Å². The number of aryl methyl sites for hydroxylation is 2. The number of hydrogen-bond acceptors (Lipinski definition) is 9. The van der Waals surface area contributed by atoms with Crippen molar-refractivity contribution in [1.29, 1.82) is 0 Å². The van der Waals surface area contributed by atoms with Crippen molar-refractivity contribution in [1.82, 2.24) is 20.7 Å². The number of aliphatic hydroxyl groups is 1. The minimum atomic E-state index is -1.04. The van der Waals surface area contributed by atoms with Gasteiger partial charge in [-0.05, 0) is 76.9 Å². The van der Waals surface area contributed by atoms with Crippen LogP contribution in [0, 0.1) is 13.8 Å². The molecule has 2 aliphatic rings. The topological polar surface area (TPSA) is 181 Å². The van der Waals surface area contributed by atoms with E-state index in [1.165, 1.54) is 30.5 Å². The number of allylic oxidation sites excluding steroid dienone is 5. The van der Waals surface area contributed by atoms with Crippen LogP contribution >= 0.6 is 0 Å². The number of nitrogens with zero attached hydrogens (tertiary/aromatic N) is 6. The number of benzene rings is 2. The van der Waals surface area contributed by atoms with Crippen molar-refractivity contribution in [3.63, 3.8) is 0 Å². The Kier molecular flexibility index (Phi) is 18.9. The maximum Gasteiger partial charge on any atom is 0.335 e. The van der Waals surface area contributed by atoms with E-state index in [1.54, 1.807) is 42.9 Å². The Balaban J connectivity index is 0.000000464. The van der Waals surface area contributed by atoms with E-state index >= 15 is 0 Å². The van der Waals surface area contributed by atoms with Crippen LogP contribution in [0.4, 0.5) is 11.4 Å². The van der Waals surface area contributed by atoms with Gasteiger partial charge in [0.2, 0.25) is 11.9 Å². The van der Waals surface area contributed by atoms with Crippen LogP contribution in [-0.2, 0) is 14.3 Å². The van der Waals surface area contributed by atoms with Crippen LogP contribution in [0.3, 0.4) is 0 Å². The molecule has 0 spiro atoms. The summed E-state index contributed by atoms with van der Waals surface area (Å²) in [6.07, 6.45) is 6.59. The number of hydrazone groups is 2. The van der Waals surface area contributed by atoms with Gasteiger partial charge in [-0.2, -0.15) is 10.2 Å². The molecule has 0 saturated carbocycles. The lowest BCUT2D eigenvalue weighted by molar-refractivity contribution is -0.137. The summed E-state index contributed by atoms with van der Waals surface area (Å²) in [7, 11) is 0. The lowest BCUT2D eigenvalue weighted by Crippen LogP contribution is -2.41. The summed E-state index contributed by atoms with van der Waals surface area (Å²) < 4.78 is 4.92. The number of aliphatic imine (C=N–C) groups is 2. The van der Waals surface area contributed by atoms with Crippen molar-refractivity contribution >= 4 is 53.9 Å². The first-order valence-electron chi connectivity index (χ1n) is 16.1. The number of guanidine groups is 2. The van der Waals surface area contributed by atoms with Gasteiger partial charge in [-0.25, -0.2) is 30.4 Å². The number of carbonyl (C=O) groups excluding carboxylic acids is 2. The van der Waals surface area contributed by atoms with Crippen LogP contribution in [0.2, 0.25) is 0 Å². The van der Waals surface area contributed by atoms with E-state index in [0.29, 0.717) is 34.7 Å². The molecule has 4 N–H and O–H groups in total. The predicted molar refractivity (Wildman–Crippen MR) is 203 cm³/mol. The molecule has 2 aromatic carbocycles. The quantitative estimate of drug-likeness (QED) is 0.143. The number of aldehydes is 1. The van der Waals surface area contributed by atoms with E-state index in [-0.39, 0.29) is 18.8 Å². The molecule has 14 heteroatoms. The maximum atomic E-state index is 11.7. The van der Waals surface area contributed by atoms with Crippen LogP contribution < -0.4 is 10.9 Å². The van der Waals surface area contributed by atoms with Crippen molar-refractivity contribution in [2.24, 2.45) is 20.2 Å². The van der Waals surface area contributed by atoms with E-state index in [0.717, 1.165) is 28.8 Å². The molecule has 2 aromatic rings. The molecule has 2 heterocycles. The Morgan fingerprint density at radius 2 is 1.39 bits per heavy atom. The highest BCUT2D eigenvalue weighted by Crippen LogP contribution is 2.24. The fraction of sp³-hybridized carbons (Fsp3) is 0.270. The highest BCUT2D eigenvalue weighted by molar-refractivity contribution is 5.98. The summed E-state index contributed by atoms with van der Waals surface area (Å²) >= 11 is 0. The number of carboxylic acid groups (broad SMARTS) is 1. The number of aromatic carboxylic acids is 1. The molecule has 2 aliphatic heterocycles. The number of nitrogens with one attached hydrogen (secondary N) is 2. The maximum absolute atomic E-state index is 11.7. The van der Waals surface area contributed by atoms with Gasteiger partial charge >= 0.3 is 11.9 Å². The largest absolute Gasteiger partial charge is 0.478 e. The SMILES string of the molecule is C=C1C=NNC(=Nc2cc(C(=O)O)ccc2C)N1/C(C)=C/C(=O)OCC.C=C1C=NNC(=Nc2ccccc2C)N1/C(C)=C/C=O.CC.CCO. The molecule has 51 heavy (non-hydrogen) atoms. The highest BCUT2D eigenvalue weighted by Gasteiger charge is 2.21. The number of carbonyl (C=O) groups is 3. The Labute approximate surface area is 299 Å². The highest BCUT2D eigenvalue weighted by atomic mass is 16.5. The first kappa shape index (κ1) is 42.9. The second-order valence-electron chi connectivity index (χ2n) is 10.2. The number of hydrogen-bond donors (Lipinski definition) is 4. The summed E-state index contributed by atoms with van der Waals surface area (Å²) in [5.74, 6) is -0.715. The molecule has 0 saturated heterocycles. The number of para-hydroxylation sites is 1. The smallest absolute Gasteiger partial charge is 0.335 e. The lowest BCUT2D eigenvalue weighted by Gasteiger charge is -2.28. The third-order valence-corrected chi connectivity index (χ3v) is 6.41. The number of aliphatic hydroxyl groups excluding tert-OH is 1. The van der Waals surface area contributed by atoms with Gasteiger partial charge in [0.05, 0.1) is 47.4 Å². The van der Waals surface area contributed by atoms with Crippen molar-refractivity contribution in [2.75, 3.05) is 13.2 Å². The molecule has 14 nitrogen and oxygen atoms in total. The van der Waals surface area contributed by atoms with E-state index in [4.69, 9.17) is 14.9 Å². The number of rotatable bonds is 8. The van der Waals surface area contributed by atoms with Gasteiger partial charge in [-0.3, -0.25) is 14.6 Å². The van der Waals surface area contributed by atoms with Gasteiger partial charge in [0.15, 0.2) is 0 Å². The van der Waals surface area contributed by atoms with Crippen molar-refractivity contribution in [3.8, 4) is 0 Å². The zero-order chi connectivity index (χ0) is 38.5. The van der Waals surface area contributed by atoms with Gasteiger partial charge in [0.1, 0.15) is 6.29 Å². The molecule has 0 aromatic heterocycles. The second kappa shape index (κ2) is 22.5. The second-order valence-corrected chi connectivity index (χ2v) is 10.2. The third kappa shape index (κ3) is 13.3. The molecule has 0 bridgehead atoms. The standard InChI is InChI=1S/C18H20N4O4.C15H16N4O.C2H6O.C2H6/c1-5-26-16(23)8-12(3)22-13(4)10-19-21-18(22)20-15-9-14(17(24)25)7-6-11(15)2;1-11-6-4-5-7-14(11)17-15-18-16-10-13(3)19(15)12(2)8-9-20;1-2-3;1-2/h6-10H,4-5H2,1-3H3,(H,20,21)(H,24,25);4-10H,3H2,1-2H3,(H,17,18);3H,2H2,1H3;1-2H3/b2*12-8+;;. The summed E-state index contributed by atoms with van der Waals surface area (Å²) in [5.41, 5.74) is 11.2. The number of esters is 1. The molecular formula is C37H48N8O6. The first-order chi connectivity index (χ1) is 24.4. The third-order valence-electron chi connectivity index (χ3n) is 6.41. The Hall–Kier alpha value is -6.15. The molecule has 4 rings (SSSR count). The zero-order valence-electron chi connectivity index (χ0n) is 30.5. The minimum absolute atomic E-state index is 0.124. The summed E-state index contributed by atoms with van der Waals surface area (Å²) in [6, 6.07) is 12.4. The Morgan fingerprint density at radius 3 is 1.90 bits per heavy atom. The average molecular weight is 701 g/mol. The van der Waals surface area contributed by atoms with E-state index in [2.05, 4.69) is 44.2 Å². The van der Waals surface area contributed by atoms with Gasteiger partial charge < -0.3 is 14.9 Å².